The molecule has 1 aliphatic carbocycles. The molecule has 0 amide bonds. The average molecular weight is 385 g/mol. The molecule has 0 aliphatic heterocycles. The summed E-state index contributed by atoms with van der Waals surface area (Å²) in [6.45, 7) is 11.7. The highest BCUT2D eigenvalue weighted by Gasteiger charge is 2.52. The third kappa shape index (κ3) is 4.10. The van der Waals surface area contributed by atoms with Gasteiger partial charge in [-0.1, -0.05) is 107 Å². The van der Waals surface area contributed by atoms with Gasteiger partial charge in [-0.05, 0) is 33.7 Å². The number of allylic oxidation sites excluding steroid dienone is 1. The van der Waals surface area contributed by atoms with Crippen LogP contribution in [-0.2, 0) is 4.43 Å². The van der Waals surface area contributed by atoms with Crippen molar-refractivity contribution < 1.29 is 11.3 Å². The van der Waals surface area contributed by atoms with Gasteiger partial charge in [-0.3, -0.25) is 0 Å². The predicted octanol–water partition coefficient (Wildman–Crippen LogP) is 4.59. The van der Waals surface area contributed by atoms with E-state index in [1.807, 2.05) is 0 Å². The lowest BCUT2D eigenvalue weighted by Crippen LogP contribution is -2.68. The third-order valence-electron chi connectivity index (χ3n) is 5.98. The van der Waals surface area contributed by atoms with Gasteiger partial charge in [0.05, 0.1) is 6.10 Å². The van der Waals surface area contributed by atoms with E-state index < -0.39 is 8.32 Å². The van der Waals surface area contributed by atoms with Crippen LogP contribution < -0.4 is 10.4 Å². The second-order valence-corrected chi connectivity index (χ2v) is 13.0. The highest BCUT2D eigenvalue weighted by molar-refractivity contribution is 6.99. The van der Waals surface area contributed by atoms with Crippen LogP contribution in [-0.4, -0.2) is 19.9 Å². The standard InChI is InChI=1S/C24H32OSi.H2O.H2/c1-19-13-12-18-23(20(19)2)25-26(24(3,4)5,21-14-8-6-9-15-21)22-16-10-7-11-17-22;;/h6-12,14-20,23H,13H2,1-5H3;1H2;1H. The zero-order chi connectivity index (χ0) is 18.8. The van der Waals surface area contributed by atoms with Gasteiger partial charge < -0.3 is 9.90 Å². The molecule has 0 fully saturated rings. The smallest absolute Gasteiger partial charge is 0.261 e. The molecule has 0 saturated carbocycles. The van der Waals surface area contributed by atoms with E-state index in [0.29, 0.717) is 11.8 Å². The van der Waals surface area contributed by atoms with Crippen LogP contribution in [0.1, 0.15) is 42.5 Å². The van der Waals surface area contributed by atoms with Gasteiger partial charge in [-0.2, -0.15) is 0 Å². The fourth-order valence-electron chi connectivity index (χ4n) is 4.18. The first-order chi connectivity index (χ1) is 12.4. The summed E-state index contributed by atoms with van der Waals surface area (Å²) in [4.78, 5) is 0. The quantitative estimate of drug-likeness (QED) is 0.561. The van der Waals surface area contributed by atoms with Gasteiger partial charge in [-0.25, -0.2) is 0 Å². The van der Waals surface area contributed by atoms with Crippen molar-refractivity contribution in [3.8, 4) is 0 Å². The van der Waals surface area contributed by atoms with Crippen LogP contribution in [0.25, 0.3) is 0 Å². The van der Waals surface area contributed by atoms with E-state index >= 15 is 0 Å². The van der Waals surface area contributed by atoms with Gasteiger partial charge in [0.15, 0.2) is 0 Å². The maximum absolute atomic E-state index is 7.25. The topological polar surface area (TPSA) is 40.7 Å². The van der Waals surface area contributed by atoms with E-state index in [1.165, 1.54) is 10.4 Å². The normalized spacial score (nSPS) is 22.9. The molecule has 2 nitrogen and oxygen atoms in total. The molecule has 2 aromatic carbocycles. The van der Waals surface area contributed by atoms with Crippen molar-refractivity contribution in [2.75, 3.05) is 0 Å². The molecule has 0 saturated heterocycles. The summed E-state index contributed by atoms with van der Waals surface area (Å²) in [6.07, 6.45) is 5.95. The summed E-state index contributed by atoms with van der Waals surface area (Å²) in [7, 11) is -2.46. The number of hydrogen-bond donors (Lipinski definition) is 0. The lowest BCUT2D eigenvalue weighted by Gasteiger charge is -2.47. The summed E-state index contributed by atoms with van der Waals surface area (Å²) >= 11 is 0. The van der Waals surface area contributed by atoms with E-state index in [-0.39, 0.29) is 18.0 Å². The summed E-state index contributed by atoms with van der Waals surface area (Å²) < 4.78 is 7.25. The highest BCUT2D eigenvalue weighted by Crippen LogP contribution is 2.40. The molecule has 0 aromatic heterocycles. The molecular weight excluding hydrogens is 348 g/mol. The number of hydrogen-bond acceptors (Lipinski definition) is 1. The van der Waals surface area contributed by atoms with Crippen molar-refractivity contribution in [2.45, 2.75) is 52.2 Å². The Kier molecular flexibility index (Phi) is 6.85. The minimum Gasteiger partial charge on any atom is -0.412 e. The van der Waals surface area contributed by atoms with Crippen molar-refractivity contribution in [3.05, 3.63) is 72.8 Å². The van der Waals surface area contributed by atoms with E-state index in [0.717, 1.165) is 6.42 Å². The monoisotopic (exact) mass is 384 g/mol. The molecule has 2 N–H and O–H groups in total. The van der Waals surface area contributed by atoms with E-state index in [9.17, 15) is 0 Å². The lowest BCUT2D eigenvalue weighted by atomic mass is 9.84. The van der Waals surface area contributed by atoms with Crippen molar-refractivity contribution in [2.24, 2.45) is 11.8 Å². The van der Waals surface area contributed by atoms with Crippen LogP contribution in [0, 0.1) is 11.8 Å². The first-order valence-electron chi connectivity index (χ1n) is 9.82. The van der Waals surface area contributed by atoms with E-state index in [1.54, 1.807) is 0 Å². The van der Waals surface area contributed by atoms with Crippen LogP contribution in [0.2, 0.25) is 5.04 Å². The van der Waals surface area contributed by atoms with Gasteiger partial charge in [0, 0.05) is 1.43 Å². The zero-order valence-corrected chi connectivity index (χ0v) is 18.3. The fourth-order valence-corrected chi connectivity index (χ4v) is 8.90. The Morgan fingerprint density at radius 3 is 1.81 bits per heavy atom. The Morgan fingerprint density at radius 1 is 0.889 bits per heavy atom. The van der Waals surface area contributed by atoms with Crippen molar-refractivity contribution in [3.63, 3.8) is 0 Å². The second kappa shape index (κ2) is 8.55. The van der Waals surface area contributed by atoms with Crippen molar-refractivity contribution >= 4 is 18.7 Å². The third-order valence-corrected chi connectivity index (χ3v) is 11.0. The summed E-state index contributed by atoms with van der Waals surface area (Å²) in [5.74, 6) is 1.19. The Labute approximate surface area is 167 Å². The van der Waals surface area contributed by atoms with Gasteiger partial charge in [-0.15, -0.1) is 0 Å². The van der Waals surface area contributed by atoms with Gasteiger partial charge in [0.25, 0.3) is 8.32 Å². The molecule has 0 heterocycles. The van der Waals surface area contributed by atoms with Gasteiger partial charge in [0.2, 0.25) is 0 Å². The summed E-state index contributed by atoms with van der Waals surface area (Å²) in [6, 6.07) is 21.9. The maximum Gasteiger partial charge on any atom is 0.261 e. The van der Waals surface area contributed by atoms with Crippen LogP contribution in [0.15, 0.2) is 72.8 Å². The molecule has 0 spiro atoms. The maximum atomic E-state index is 7.25. The predicted molar refractivity (Wildman–Crippen MR) is 120 cm³/mol. The fraction of sp³-hybridized carbons (Fsp3) is 0.417. The molecular formula is C24H36O2Si. The molecule has 3 atom stereocenters. The lowest BCUT2D eigenvalue weighted by molar-refractivity contribution is 0.132. The Hall–Kier alpha value is -1.68. The van der Waals surface area contributed by atoms with E-state index in [2.05, 4.69) is 107 Å². The largest absolute Gasteiger partial charge is 0.412 e. The SMILES string of the molecule is CC1CC=CC(O[Si](c2ccccc2)(c2ccccc2)C(C)(C)C)C1C.O.[HH]. The van der Waals surface area contributed by atoms with Crippen LogP contribution in [0.4, 0.5) is 0 Å². The van der Waals surface area contributed by atoms with Crippen LogP contribution in [0.3, 0.4) is 0 Å². The molecule has 0 radical (unpaired) electrons. The molecule has 148 valence electrons. The molecule has 3 heteroatoms. The number of rotatable bonds is 4. The van der Waals surface area contributed by atoms with Crippen molar-refractivity contribution in [1.82, 2.24) is 0 Å². The van der Waals surface area contributed by atoms with Crippen LogP contribution in [0.5, 0.6) is 0 Å². The first kappa shape index (κ1) is 21.6. The van der Waals surface area contributed by atoms with Gasteiger partial charge >= 0.3 is 0 Å². The average Bonchev–Trinajstić information content (AvgIpc) is 2.63. The Morgan fingerprint density at radius 2 is 1.37 bits per heavy atom. The van der Waals surface area contributed by atoms with Crippen molar-refractivity contribution in [1.29, 1.82) is 0 Å². The Balaban J connectivity index is 0.00000196. The molecule has 0 bridgehead atoms. The zero-order valence-electron chi connectivity index (χ0n) is 17.3. The number of benzene rings is 2. The molecule has 27 heavy (non-hydrogen) atoms. The second-order valence-electron chi connectivity index (χ2n) is 8.75. The van der Waals surface area contributed by atoms with Crippen LogP contribution >= 0.6 is 0 Å². The summed E-state index contributed by atoms with van der Waals surface area (Å²) in [5.41, 5.74) is 0. The Bertz CT molecular complexity index is 701. The molecule has 2 aromatic rings. The minimum atomic E-state index is -2.46. The molecule has 3 unspecified atom stereocenters. The van der Waals surface area contributed by atoms with E-state index in [4.69, 9.17) is 4.43 Å². The minimum absolute atomic E-state index is 0. The summed E-state index contributed by atoms with van der Waals surface area (Å²) in [5, 5.41) is 2.75. The molecule has 1 aliphatic rings. The molecule has 3 rings (SSSR count). The van der Waals surface area contributed by atoms with Gasteiger partial charge in [0.1, 0.15) is 0 Å². The first-order valence-corrected chi connectivity index (χ1v) is 11.7. The highest BCUT2D eigenvalue weighted by atomic mass is 28.4.